The number of carbonyl (C=O) groups excluding carboxylic acids is 3. The number of phenols is 1. The summed E-state index contributed by atoms with van der Waals surface area (Å²) in [6.07, 6.45) is 1.55. The number of amides is 3. The molecule has 2 bridgehead atoms. The molecule has 7 nitrogen and oxygen atoms in total. The highest BCUT2D eigenvalue weighted by atomic mass is 19.1. The molecular weight excluding hydrogens is 509 g/mol. The second-order valence-electron chi connectivity index (χ2n) is 10.2. The first-order chi connectivity index (χ1) is 19.4. The maximum atomic E-state index is 14.2. The Morgan fingerprint density at radius 2 is 1.45 bits per heavy atom. The lowest BCUT2D eigenvalue weighted by Crippen LogP contribution is -2.54. The van der Waals surface area contributed by atoms with Crippen molar-refractivity contribution >= 4 is 29.6 Å². The Balaban J connectivity index is 1.41. The molecule has 0 aromatic heterocycles. The van der Waals surface area contributed by atoms with Crippen molar-refractivity contribution in [2.75, 3.05) is 4.90 Å². The molecule has 0 unspecified atom stereocenters. The number of hydrazone groups is 1. The molecule has 0 spiro atoms. The number of nitrogens with one attached hydrogen (secondary N) is 1. The van der Waals surface area contributed by atoms with Gasteiger partial charge in [0.1, 0.15) is 11.6 Å². The number of para-hydroxylation sites is 1. The molecule has 8 rings (SSSR count). The number of halogens is 1. The molecule has 0 saturated carbocycles. The van der Waals surface area contributed by atoms with Gasteiger partial charge in [0.05, 0.1) is 28.5 Å². The number of rotatable bonds is 4. The number of carbonyl (C=O) groups is 3. The molecule has 2 atom stereocenters. The number of benzene rings is 4. The van der Waals surface area contributed by atoms with Crippen LogP contribution in [0.1, 0.15) is 38.5 Å². The first-order valence-corrected chi connectivity index (χ1v) is 12.9. The highest BCUT2D eigenvalue weighted by Gasteiger charge is 2.68. The van der Waals surface area contributed by atoms with Gasteiger partial charge in [-0.2, -0.15) is 5.10 Å². The second-order valence-corrected chi connectivity index (χ2v) is 10.2. The van der Waals surface area contributed by atoms with Crippen molar-refractivity contribution in [3.63, 3.8) is 0 Å². The Morgan fingerprint density at radius 1 is 0.850 bits per heavy atom. The standard InChI is InChI=1S/C32H22FN3O4/c33-18-13-15-19(16-14-18)36-30(39)27-26-20-7-1-4-10-23(20)32(28(27)31(36)40,24-11-5-2-8-21(24)26)17-34-35-29(38)22-9-3-6-12-25(22)37/h1-17,26-28,37H,(H,35,38)/b34-17-/t26?,27-,28-,32?/m0/s1. The minimum atomic E-state index is -1.17. The van der Waals surface area contributed by atoms with Gasteiger partial charge in [-0.1, -0.05) is 60.7 Å². The van der Waals surface area contributed by atoms with Crippen LogP contribution < -0.4 is 10.3 Å². The predicted molar refractivity (Wildman–Crippen MR) is 145 cm³/mol. The van der Waals surface area contributed by atoms with Crippen molar-refractivity contribution in [1.29, 1.82) is 0 Å². The number of hydrogen-bond acceptors (Lipinski definition) is 5. The van der Waals surface area contributed by atoms with Crippen LogP contribution in [0.15, 0.2) is 102 Å². The van der Waals surface area contributed by atoms with Gasteiger partial charge in [-0.25, -0.2) is 14.7 Å². The van der Waals surface area contributed by atoms with E-state index >= 15 is 0 Å². The summed E-state index contributed by atoms with van der Waals surface area (Å²) in [5.74, 6) is -3.95. The van der Waals surface area contributed by atoms with E-state index in [1.54, 1.807) is 18.3 Å². The molecule has 1 heterocycles. The van der Waals surface area contributed by atoms with Crippen LogP contribution in [0.25, 0.3) is 0 Å². The molecule has 1 fully saturated rings. The molecule has 1 aliphatic heterocycles. The summed E-state index contributed by atoms with van der Waals surface area (Å²) in [7, 11) is 0. The molecule has 4 aromatic carbocycles. The number of anilines is 1. The number of hydrogen-bond donors (Lipinski definition) is 2. The van der Waals surface area contributed by atoms with E-state index in [1.807, 2.05) is 48.5 Å². The van der Waals surface area contributed by atoms with Crippen LogP contribution in [0.4, 0.5) is 10.1 Å². The van der Waals surface area contributed by atoms with Crippen LogP contribution in [-0.4, -0.2) is 29.0 Å². The Labute approximate surface area is 228 Å². The lowest BCUT2D eigenvalue weighted by atomic mass is 9.47. The summed E-state index contributed by atoms with van der Waals surface area (Å²) in [5, 5.41) is 14.5. The first kappa shape index (κ1) is 24.0. The van der Waals surface area contributed by atoms with E-state index in [9.17, 15) is 23.9 Å². The molecule has 4 aliphatic rings. The molecule has 40 heavy (non-hydrogen) atoms. The van der Waals surface area contributed by atoms with Crippen LogP contribution in [0.3, 0.4) is 0 Å². The van der Waals surface area contributed by atoms with E-state index < -0.39 is 34.9 Å². The normalized spacial score (nSPS) is 24.1. The average Bonchev–Trinajstić information content (AvgIpc) is 3.24. The number of nitrogens with zero attached hydrogens (tertiary/aromatic N) is 2. The summed E-state index contributed by atoms with van der Waals surface area (Å²) < 4.78 is 13.7. The lowest BCUT2D eigenvalue weighted by Gasteiger charge is -2.52. The van der Waals surface area contributed by atoms with Crippen LogP contribution >= 0.6 is 0 Å². The van der Waals surface area contributed by atoms with Gasteiger partial charge < -0.3 is 5.11 Å². The van der Waals surface area contributed by atoms with Gasteiger partial charge in [-0.3, -0.25) is 14.4 Å². The molecule has 2 N–H and O–H groups in total. The fourth-order valence-electron chi connectivity index (χ4n) is 6.81. The molecule has 8 heteroatoms. The van der Waals surface area contributed by atoms with E-state index in [2.05, 4.69) is 10.5 Å². The maximum absolute atomic E-state index is 14.2. The highest BCUT2D eigenvalue weighted by molar-refractivity contribution is 6.25. The Kier molecular flexibility index (Phi) is 5.22. The van der Waals surface area contributed by atoms with Crippen molar-refractivity contribution < 1.29 is 23.9 Å². The van der Waals surface area contributed by atoms with Crippen molar-refractivity contribution in [3.8, 4) is 5.75 Å². The van der Waals surface area contributed by atoms with Gasteiger partial charge in [-0.15, -0.1) is 0 Å². The smallest absolute Gasteiger partial charge is 0.275 e. The summed E-state index contributed by atoms with van der Waals surface area (Å²) in [6.45, 7) is 0. The molecule has 1 saturated heterocycles. The fourth-order valence-corrected chi connectivity index (χ4v) is 6.81. The Bertz CT molecular complexity index is 1700. The highest BCUT2D eigenvalue weighted by Crippen LogP contribution is 2.63. The van der Waals surface area contributed by atoms with Crippen LogP contribution in [-0.2, 0) is 15.0 Å². The van der Waals surface area contributed by atoms with Gasteiger partial charge in [0.2, 0.25) is 11.8 Å². The summed E-state index contributed by atoms with van der Waals surface area (Å²) >= 11 is 0. The van der Waals surface area contributed by atoms with Crippen molar-refractivity contribution in [1.82, 2.24) is 5.43 Å². The number of phenolic OH excluding ortho intramolecular Hbond substituents is 1. The molecule has 4 aromatic rings. The largest absolute Gasteiger partial charge is 0.507 e. The molecule has 3 amide bonds. The SMILES string of the molecule is O=C(N/N=C\C12c3ccccc3C(c3ccccc31)[C@@H]1C(=O)N(c3ccc(F)cc3)C(=O)[C@H]12)c1ccccc1O. The van der Waals surface area contributed by atoms with Gasteiger partial charge in [0, 0.05) is 12.1 Å². The summed E-state index contributed by atoms with van der Waals surface area (Å²) in [4.78, 5) is 42.3. The Morgan fingerprint density at radius 3 is 2.10 bits per heavy atom. The topological polar surface area (TPSA) is 99.1 Å². The molecule has 196 valence electrons. The molecule has 0 radical (unpaired) electrons. The van der Waals surface area contributed by atoms with E-state index in [1.165, 1.54) is 36.4 Å². The summed E-state index contributed by atoms with van der Waals surface area (Å²) in [5.41, 5.74) is 5.20. The monoisotopic (exact) mass is 531 g/mol. The summed E-state index contributed by atoms with van der Waals surface area (Å²) in [6, 6.07) is 26.8. The zero-order valence-electron chi connectivity index (χ0n) is 21.0. The van der Waals surface area contributed by atoms with Gasteiger partial charge in [0.25, 0.3) is 5.91 Å². The van der Waals surface area contributed by atoms with Gasteiger partial charge >= 0.3 is 0 Å². The van der Waals surface area contributed by atoms with Gasteiger partial charge in [0.15, 0.2) is 0 Å². The Hall–Kier alpha value is -5.11. The van der Waals surface area contributed by atoms with Gasteiger partial charge in [-0.05, 0) is 58.7 Å². The fraction of sp³-hybridized carbons (Fsp3) is 0.125. The number of aromatic hydroxyl groups is 1. The zero-order valence-corrected chi connectivity index (χ0v) is 21.0. The minimum Gasteiger partial charge on any atom is -0.507 e. The van der Waals surface area contributed by atoms with Crippen molar-refractivity contribution in [2.45, 2.75) is 11.3 Å². The van der Waals surface area contributed by atoms with Crippen LogP contribution in [0.2, 0.25) is 0 Å². The van der Waals surface area contributed by atoms with Crippen LogP contribution in [0.5, 0.6) is 5.75 Å². The van der Waals surface area contributed by atoms with E-state index in [0.29, 0.717) is 5.69 Å². The van der Waals surface area contributed by atoms with Crippen molar-refractivity contribution in [2.24, 2.45) is 16.9 Å². The second kappa shape index (κ2) is 8.71. The average molecular weight is 532 g/mol. The van der Waals surface area contributed by atoms with E-state index in [-0.39, 0.29) is 23.1 Å². The number of imide groups is 1. The lowest BCUT2D eigenvalue weighted by molar-refractivity contribution is -0.122. The van der Waals surface area contributed by atoms with Crippen LogP contribution in [0, 0.1) is 17.7 Å². The van der Waals surface area contributed by atoms with E-state index in [0.717, 1.165) is 27.2 Å². The zero-order chi connectivity index (χ0) is 27.6. The molecule has 3 aliphatic carbocycles. The predicted octanol–water partition coefficient (Wildman–Crippen LogP) is 4.50. The molecular formula is C32H22FN3O4. The minimum absolute atomic E-state index is 0.0535. The third-order valence-corrected chi connectivity index (χ3v) is 8.35. The maximum Gasteiger partial charge on any atom is 0.275 e. The first-order valence-electron chi connectivity index (χ1n) is 12.9. The van der Waals surface area contributed by atoms with E-state index in [4.69, 9.17) is 0 Å². The third kappa shape index (κ3) is 3.16. The van der Waals surface area contributed by atoms with Crippen molar-refractivity contribution in [3.05, 3.63) is 131 Å². The quantitative estimate of drug-likeness (QED) is 0.230. The third-order valence-electron chi connectivity index (χ3n) is 8.35.